The van der Waals surface area contributed by atoms with Crippen LogP contribution >= 0.6 is 0 Å². The Labute approximate surface area is 151 Å². The molecule has 1 aliphatic carbocycles. The third-order valence-electron chi connectivity index (χ3n) is 5.25. The third kappa shape index (κ3) is 8.71. The first-order chi connectivity index (χ1) is 11.7. The second-order valence-corrected chi connectivity index (χ2v) is 7.36. The van der Waals surface area contributed by atoms with Crippen LogP contribution in [0.1, 0.15) is 91.9 Å². The Morgan fingerprint density at radius 3 is 2.83 bits per heavy atom. The highest BCUT2D eigenvalue weighted by atomic mass is 14.1. The van der Waals surface area contributed by atoms with Crippen LogP contribution < -0.4 is 0 Å². The van der Waals surface area contributed by atoms with E-state index in [1.165, 1.54) is 63.4 Å². The van der Waals surface area contributed by atoms with Gasteiger partial charge in [0.1, 0.15) is 0 Å². The quantitative estimate of drug-likeness (QED) is 0.355. The van der Waals surface area contributed by atoms with E-state index >= 15 is 0 Å². The summed E-state index contributed by atoms with van der Waals surface area (Å²) in [7, 11) is 0. The van der Waals surface area contributed by atoms with Crippen LogP contribution in [-0.4, -0.2) is 0 Å². The van der Waals surface area contributed by atoms with Gasteiger partial charge in [-0.3, -0.25) is 0 Å². The van der Waals surface area contributed by atoms with Gasteiger partial charge in [0.05, 0.1) is 0 Å². The van der Waals surface area contributed by atoms with Crippen molar-refractivity contribution in [3.05, 3.63) is 47.6 Å². The summed E-state index contributed by atoms with van der Waals surface area (Å²) in [6.45, 7) is 9.05. The van der Waals surface area contributed by atoms with Crippen LogP contribution in [0, 0.1) is 11.8 Å². The van der Waals surface area contributed by atoms with Crippen molar-refractivity contribution in [3.63, 3.8) is 0 Å². The van der Waals surface area contributed by atoms with E-state index in [-0.39, 0.29) is 0 Å². The predicted octanol–water partition coefficient (Wildman–Crippen LogP) is 8.18. The number of unbranched alkanes of at least 4 members (excludes halogenated alkanes) is 1. The van der Waals surface area contributed by atoms with Gasteiger partial charge in [-0.1, -0.05) is 75.6 Å². The zero-order valence-electron chi connectivity index (χ0n) is 16.7. The summed E-state index contributed by atoms with van der Waals surface area (Å²) in [5.74, 6) is 1.50. The van der Waals surface area contributed by atoms with Gasteiger partial charge in [0.25, 0.3) is 0 Å². The highest BCUT2D eigenvalue weighted by Gasteiger charge is 2.08. The highest BCUT2D eigenvalue weighted by Crippen LogP contribution is 2.25. The second kappa shape index (κ2) is 13.3. The standard InChI is InChI=1S/C24H40/c1-5-8-14-22-15-10-11-16-23(20-19-22)17-12-13-21(4)24(7-3)18-9-6-2/h7,9,16,18-22H,5-6,8,10-15,17H2,1-4H3. The summed E-state index contributed by atoms with van der Waals surface area (Å²) in [6, 6.07) is 0. The molecule has 0 spiro atoms. The highest BCUT2D eigenvalue weighted by molar-refractivity contribution is 5.22. The molecule has 0 heterocycles. The van der Waals surface area contributed by atoms with Gasteiger partial charge >= 0.3 is 0 Å². The number of hydrogen-bond donors (Lipinski definition) is 0. The molecule has 2 atom stereocenters. The lowest BCUT2D eigenvalue weighted by Gasteiger charge is -2.16. The lowest BCUT2D eigenvalue weighted by Crippen LogP contribution is -2.00. The van der Waals surface area contributed by atoms with Crippen molar-refractivity contribution in [1.82, 2.24) is 0 Å². The lowest BCUT2D eigenvalue weighted by molar-refractivity contribution is 0.499. The monoisotopic (exact) mass is 328 g/mol. The minimum Gasteiger partial charge on any atom is -0.0845 e. The SMILES string of the molecule is CC=C(C=CCC)C(C)CCCC1=CCCCC(CCCC)C=C1. The summed E-state index contributed by atoms with van der Waals surface area (Å²) >= 11 is 0. The molecule has 0 heteroatoms. The summed E-state index contributed by atoms with van der Waals surface area (Å²) in [6.07, 6.45) is 27.4. The van der Waals surface area contributed by atoms with Crippen LogP contribution in [0.2, 0.25) is 0 Å². The Kier molecular flexibility index (Phi) is 11.6. The molecule has 1 aliphatic rings. The number of hydrogen-bond acceptors (Lipinski definition) is 0. The number of allylic oxidation sites excluding steroid dienone is 8. The molecule has 24 heavy (non-hydrogen) atoms. The molecule has 2 unspecified atom stereocenters. The summed E-state index contributed by atoms with van der Waals surface area (Å²) in [5, 5.41) is 0. The second-order valence-electron chi connectivity index (χ2n) is 7.36. The molecule has 0 aromatic heterocycles. The summed E-state index contributed by atoms with van der Waals surface area (Å²) in [4.78, 5) is 0. The molecule has 0 amide bonds. The van der Waals surface area contributed by atoms with Crippen molar-refractivity contribution < 1.29 is 0 Å². The minimum atomic E-state index is 0.674. The molecule has 0 aliphatic heterocycles. The normalized spacial score (nSPS) is 20.8. The molecule has 0 N–H and O–H groups in total. The molecule has 0 aromatic rings. The van der Waals surface area contributed by atoms with Gasteiger partial charge in [-0.25, -0.2) is 0 Å². The topological polar surface area (TPSA) is 0 Å². The molecule has 0 fully saturated rings. The zero-order valence-corrected chi connectivity index (χ0v) is 16.7. The van der Waals surface area contributed by atoms with Gasteiger partial charge in [0.15, 0.2) is 0 Å². The minimum absolute atomic E-state index is 0.674. The Balaban J connectivity index is 2.43. The van der Waals surface area contributed by atoms with Crippen molar-refractivity contribution in [3.8, 4) is 0 Å². The Morgan fingerprint density at radius 1 is 1.29 bits per heavy atom. The van der Waals surface area contributed by atoms with Crippen LogP contribution in [0.4, 0.5) is 0 Å². The first kappa shape index (κ1) is 21.0. The molecular weight excluding hydrogens is 288 g/mol. The smallest absolute Gasteiger partial charge is 0.0194 e. The van der Waals surface area contributed by atoms with E-state index in [2.05, 4.69) is 64.2 Å². The van der Waals surface area contributed by atoms with E-state index in [1.807, 2.05) is 0 Å². The van der Waals surface area contributed by atoms with Crippen molar-refractivity contribution >= 4 is 0 Å². The van der Waals surface area contributed by atoms with Gasteiger partial charge in [-0.2, -0.15) is 0 Å². The van der Waals surface area contributed by atoms with E-state index in [9.17, 15) is 0 Å². The molecule has 0 bridgehead atoms. The molecule has 0 aromatic carbocycles. The molecule has 0 saturated carbocycles. The van der Waals surface area contributed by atoms with Crippen molar-refractivity contribution in [2.75, 3.05) is 0 Å². The van der Waals surface area contributed by atoms with Crippen molar-refractivity contribution in [2.24, 2.45) is 11.8 Å². The van der Waals surface area contributed by atoms with Gasteiger partial charge in [0.2, 0.25) is 0 Å². The van der Waals surface area contributed by atoms with Crippen LogP contribution in [0.15, 0.2) is 47.6 Å². The average molecular weight is 329 g/mol. The first-order valence-electron chi connectivity index (χ1n) is 10.4. The van der Waals surface area contributed by atoms with Gasteiger partial charge in [-0.05, 0) is 75.7 Å². The maximum atomic E-state index is 2.51. The average Bonchev–Trinajstić information content (AvgIpc) is 2.57. The third-order valence-corrected chi connectivity index (χ3v) is 5.25. The first-order valence-corrected chi connectivity index (χ1v) is 10.4. The fourth-order valence-corrected chi connectivity index (χ4v) is 3.56. The van der Waals surface area contributed by atoms with E-state index in [1.54, 1.807) is 5.57 Å². The van der Waals surface area contributed by atoms with Gasteiger partial charge in [-0.15, -0.1) is 0 Å². The Bertz CT molecular complexity index is 433. The van der Waals surface area contributed by atoms with E-state index in [0.29, 0.717) is 5.92 Å². The van der Waals surface area contributed by atoms with Crippen LogP contribution in [0.5, 0.6) is 0 Å². The maximum absolute atomic E-state index is 2.51. The van der Waals surface area contributed by atoms with Gasteiger partial charge < -0.3 is 0 Å². The Hall–Kier alpha value is -1.04. The van der Waals surface area contributed by atoms with Crippen LogP contribution in [-0.2, 0) is 0 Å². The van der Waals surface area contributed by atoms with Crippen molar-refractivity contribution in [2.45, 2.75) is 91.9 Å². The molecular formula is C24H40. The predicted molar refractivity (Wildman–Crippen MR) is 110 cm³/mol. The van der Waals surface area contributed by atoms with E-state index in [0.717, 1.165) is 12.3 Å². The Morgan fingerprint density at radius 2 is 2.12 bits per heavy atom. The molecule has 0 saturated heterocycles. The fourth-order valence-electron chi connectivity index (χ4n) is 3.56. The summed E-state index contributed by atoms with van der Waals surface area (Å²) in [5.41, 5.74) is 3.08. The van der Waals surface area contributed by atoms with Gasteiger partial charge in [0, 0.05) is 0 Å². The van der Waals surface area contributed by atoms with Crippen molar-refractivity contribution in [1.29, 1.82) is 0 Å². The van der Waals surface area contributed by atoms with E-state index in [4.69, 9.17) is 0 Å². The van der Waals surface area contributed by atoms with E-state index < -0.39 is 0 Å². The largest absolute Gasteiger partial charge is 0.0845 e. The van der Waals surface area contributed by atoms with Crippen LogP contribution in [0.3, 0.4) is 0 Å². The molecule has 136 valence electrons. The number of rotatable bonds is 10. The lowest BCUT2D eigenvalue weighted by atomic mass is 9.90. The molecule has 1 rings (SSSR count). The molecule has 0 nitrogen and oxygen atoms in total. The summed E-state index contributed by atoms with van der Waals surface area (Å²) < 4.78 is 0. The zero-order chi connectivity index (χ0) is 17.6. The molecule has 0 radical (unpaired) electrons. The fraction of sp³-hybridized carbons (Fsp3) is 0.667. The maximum Gasteiger partial charge on any atom is -0.0194 e. The van der Waals surface area contributed by atoms with Crippen LogP contribution in [0.25, 0.3) is 0 Å².